The largest absolute Gasteiger partial charge is 0.477 e. The van der Waals surface area contributed by atoms with E-state index in [2.05, 4.69) is 65.6 Å². The molecule has 1 rings (SSSR count). The van der Waals surface area contributed by atoms with Gasteiger partial charge in [-0.05, 0) is 23.5 Å². The summed E-state index contributed by atoms with van der Waals surface area (Å²) < 4.78 is 5.78. The predicted molar refractivity (Wildman–Crippen MR) is 77.4 cm³/mol. The third-order valence-corrected chi connectivity index (χ3v) is 2.82. The van der Waals surface area contributed by atoms with Crippen molar-refractivity contribution in [2.75, 3.05) is 6.61 Å². The average molecular weight is 249 g/mol. The molecule has 0 aliphatic carbocycles. The van der Waals surface area contributed by atoms with Gasteiger partial charge in [-0.2, -0.15) is 0 Å². The lowest BCUT2D eigenvalue weighted by Gasteiger charge is -2.21. The van der Waals surface area contributed by atoms with E-state index in [4.69, 9.17) is 4.74 Å². The van der Waals surface area contributed by atoms with Crippen LogP contribution in [0.1, 0.15) is 65.6 Å². The van der Waals surface area contributed by atoms with E-state index in [-0.39, 0.29) is 5.41 Å². The normalized spacial score (nSPS) is 12.3. The smallest absolute Gasteiger partial charge is 0.213 e. The van der Waals surface area contributed by atoms with Crippen molar-refractivity contribution in [3.63, 3.8) is 0 Å². The molecule has 0 N–H and O–H groups in total. The van der Waals surface area contributed by atoms with Gasteiger partial charge in [-0.15, -0.1) is 0 Å². The van der Waals surface area contributed by atoms with Crippen LogP contribution in [-0.4, -0.2) is 11.6 Å². The molecule has 0 bridgehead atoms. The second kappa shape index (κ2) is 5.73. The zero-order valence-electron chi connectivity index (χ0n) is 12.9. The summed E-state index contributed by atoms with van der Waals surface area (Å²) >= 11 is 0. The molecule has 0 unspecified atom stereocenters. The Balaban J connectivity index is 3.06. The zero-order chi connectivity index (χ0) is 13.9. The molecule has 0 amide bonds. The Bertz CT molecular complexity index is 389. The van der Waals surface area contributed by atoms with Crippen molar-refractivity contribution in [1.82, 2.24) is 4.98 Å². The standard InChI is InChI=1S/C16H27NO/c1-11(2)10-18-15-9-13(12(3)4)8-14(17-15)16(5,6)7/h8-9,11-12H,10H2,1-7H3. The summed E-state index contributed by atoms with van der Waals surface area (Å²) in [6.45, 7) is 16.0. The minimum atomic E-state index is 0.0564. The van der Waals surface area contributed by atoms with Crippen molar-refractivity contribution in [1.29, 1.82) is 0 Å². The van der Waals surface area contributed by atoms with Gasteiger partial charge in [-0.25, -0.2) is 4.98 Å². The maximum absolute atomic E-state index is 5.78. The lowest BCUT2D eigenvalue weighted by Crippen LogP contribution is -2.16. The van der Waals surface area contributed by atoms with Gasteiger partial charge in [0.2, 0.25) is 5.88 Å². The van der Waals surface area contributed by atoms with Gasteiger partial charge in [0, 0.05) is 11.5 Å². The number of nitrogens with zero attached hydrogens (tertiary/aromatic N) is 1. The van der Waals surface area contributed by atoms with Crippen LogP contribution in [0.4, 0.5) is 0 Å². The van der Waals surface area contributed by atoms with Gasteiger partial charge in [-0.1, -0.05) is 48.5 Å². The van der Waals surface area contributed by atoms with E-state index in [0.29, 0.717) is 11.8 Å². The van der Waals surface area contributed by atoms with Crippen molar-refractivity contribution < 1.29 is 4.74 Å². The van der Waals surface area contributed by atoms with E-state index in [9.17, 15) is 0 Å². The number of ether oxygens (including phenoxy) is 1. The fraction of sp³-hybridized carbons (Fsp3) is 0.688. The van der Waals surface area contributed by atoms with Crippen LogP contribution >= 0.6 is 0 Å². The molecular formula is C16H27NO. The number of aromatic nitrogens is 1. The Labute approximate surface area is 112 Å². The first kappa shape index (κ1) is 15.0. The van der Waals surface area contributed by atoms with Crippen molar-refractivity contribution in [3.8, 4) is 5.88 Å². The SMILES string of the molecule is CC(C)COc1cc(C(C)C)cc(C(C)(C)C)n1. The molecule has 2 nitrogen and oxygen atoms in total. The number of hydrogen-bond donors (Lipinski definition) is 0. The molecule has 0 atom stereocenters. The summed E-state index contributed by atoms with van der Waals surface area (Å²) in [5.74, 6) is 1.78. The summed E-state index contributed by atoms with van der Waals surface area (Å²) in [6.07, 6.45) is 0. The Morgan fingerprint density at radius 2 is 1.72 bits per heavy atom. The lowest BCUT2D eigenvalue weighted by molar-refractivity contribution is 0.259. The highest BCUT2D eigenvalue weighted by Crippen LogP contribution is 2.27. The third kappa shape index (κ3) is 4.32. The molecule has 1 aromatic rings. The molecule has 0 saturated heterocycles. The Morgan fingerprint density at radius 1 is 1.11 bits per heavy atom. The first-order valence-electron chi connectivity index (χ1n) is 6.85. The molecule has 0 aliphatic heterocycles. The van der Waals surface area contributed by atoms with Crippen LogP contribution in [-0.2, 0) is 5.41 Å². The molecular weight excluding hydrogens is 222 g/mol. The molecule has 1 aromatic heterocycles. The molecule has 102 valence electrons. The minimum absolute atomic E-state index is 0.0564. The molecule has 1 heterocycles. The quantitative estimate of drug-likeness (QED) is 0.781. The van der Waals surface area contributed by atoms with Crippen LogP contribution in [0.5, 0.6) is 5.88 Å². The second-order valence-electron chi connectivity index (χ2n) is 6.73. The Kier molecular flexibility index (Phi) is 4.78. The van der Waals surface area contributed by atoms with Gasteiger partial charge in [0.25, 0.3) is 0 Å². The maximum atomic E-state index is 5.78. The molecule has 0 saturated carbocycles. The van der Waals surface area contributed by atoms with Crippen LogP contribution in [0, 0.1) is 5.92 Å². The first-order chi connectivity index (χ1) is 8.20. The van der Waals surface area contributed by atoms with E-state index < -0.39 is 0 Å². The van der Waals surface area contributed by atoms with Crippen molar-refractivity contribution in [3.05, 3.63) is 23.4 Å². The summed E-state index contributed by atoms with van der Waals surface area (Å²) in [7, 11) is 0. The van der Waals surface area contributed by atoms with Gasteiger partial charge in [0.05, 0.1) is 12.3 Å². The van der Waals surface area contributed by atoms with Crippen molar-refractivity contribution in [2.24, 2.45) is 5.92 Å². The molecule has 0 aromatic carbocycles. The Morgan fingerprint density at radius 3 is 2.17 bits per heavy atom. The maximum Gasteiger partial charge on any atom is 0.213 e. The van der Waals surface area contributed by atoms with E-state index in [0.717, 1.165) is 18.2 Å². The van der Waals surface area contributed by atoms with Gasteiger partial charge < -0.3 is 4.74 Å². The summed E-state index contributed by atoms with van der Waals surface area (Å²) in [5, 5.41) is 0. The lowest BCUT2D eigenvalue weighted by atomic mass is 9.89. The van der Waals surface area contributed by atoms with Crippen LogP contribution in [0.15, 0.2) is 12.1 Å². The van der Waals surface area contributed by atoms with Crippen molar-refractivity contribution in [2.45, 2.75) is 59.8 Å². The number of hydrogen-bond acceptors (Lipinski definition) is 2. The molecule has 0 radical (unpaired) electrons. The van der Waals surface area contributed by atoms with E-state index in [1.165, 1.54) is 5.56 Å². The number of pyridine rings is 1. The highest BCUT2D eigenvalue weighted by atomic mass is 16.5. The van der Waals surface area contributed by atoms with Gasteiger partial charge >= 0.3 is 0 Å². The van der Waals surface area contributed by atoms with Gasteiger partial charge in [0.1, 0.15) is 0 Å². The highest BCUT2D eigenvalue weighted by molar-refractivity contribution is 5.30. The third-order valence-electron chi connectivity index (χ3n) is 2.82. The van der Waals surface area contributed by atoms with Gasteiger partial charge in [0.15, 0.2) is 0 Å². The number of rotatable bonds is 4. The molecule has 2 heteroatoms. The van der Waals surface area contributed by atoms with Crippen LogP contribution < -0.4 is 4.74 Å². The predicted octanol–water partition coefficient (Wildman–Crippen LogP) is 4.54. The van der Waals surface area contributed by atoms with Gasteiger partial charge in [-0.3, -0.25) is 0 Å². The molecule has 0 aliphatic rings. The summed E-state index contributed by atoms with van der Waals surface area (Å²) in [5.41, 5.74) is 2.46. The molecule has 18 heavy (non-hydrogen) atoms. The van der Waals surface area contributed by atoms with E-state index in [1.54, 1.807) is 0 Å². The topological polar surface area (TPSA) is 22.1 Å². The first-order valence-corrected chi connectivity index (χ1v) is 6.85. The fourth-order valence-electron chi connectivity index (χ4n) is 1.57. The second-order valence-corrected chi connectivity index (χ2v) is 6.73. The van der Waals surface area contributed by atoms with Crippen molar-refractivity contribution >= 4 is 0 Å². The Hall–Kier alpha value is -1.05. The molecule has 0 fully saturated rings. The van der Waals surface area contributed by atoms with Crippen LogP contribution in [0.25, 0.3) is 0 Å². The molecule has 0 spiro atoms. The van der Waals surface area contributed by atoms with E-state index in [1.807, 2.05) is 0 Å². The highest BCUT2D eigenvalue weighted by Gasteiger charge is 2.18. The summed E-state index contributed by atoms with van der Waals surface area (Å²) in [4.78, 5) is 4.64. The van der Waals surface area contributed by atoms with E-state index >= 15 is 0 Å². The summed E-state index contributed by atoms with van der Waals surface area (Å²) in [6, 6.07) is 4.27. The van der Waals surface area contributed by atoms with Crippen LogP contribution in [0.2, 0.25) is 0 Å². The van der Waals surface area contributed by atoms with Crippen LogP contribution in [0.3, 0.4) is 0 Å². The fourth-order valence-corrected chi connectivity index (χ4v) is 1.57. The minimum Gasteiger partial charge on any atom is -0.477 e. The average Bonchev–Trinajstić information content (AvgIpc) is 2.24. The monoisotopic (exact) mass is 249 g/mol. The zero-order valence-corrected chi connectivity index (χ0v) is 12.9.